The number of ether oxygens (including phenoxy) is 2. The second kappa shape index (κ2) is 9.83. The third-order valence-corrected chi connectivity index (χ3v) is 4.71. The molecule has 0 unspecified atom stereocenters. The summed E-state index contributed by atoms with van der Waals surface area (Å²) in [4.78, 5) is 25.7. The molecule has 0 radical (unpaired) electrons. The third-order valence-electron chi connectivity index (χ3n) is 4.71. The number of hydrogen-bond donors (Lipinski definition) is 2. The highest BCUT2D eigenvalue weighted by molar-refractivity contribution is 5.92. The van der Waals surface area contributed by atoms with Crippen molar-refractivity contribution >= 4 is 17.7 Å². The van der Waals surface area contributed by atoms with Crippen molar-refractivity contribution in [2.24, 2.45) is 0 Å². The highest BCUT2D eigenvalue weighted by atomic mass is 19.1. The zero-order valence-electron chi connectivity index (χ0n) is 18.7. The van der Waals surface area contributed by atoms with Gasteiger partial charge in [-0.3, -0.25) is 5.32 Å². The highest BCUT2D eigenvalue weighted by Crippen LogP contribution is 2.37. The zero-order valence-corrected chi connectivity index (χ0v) is 18.7. The number of carbonyl (C=O) groups excluding carboxylic acids is 2. The molecule has 3 aromatic rings. The van der Waals surface area contributed by atoms with Crippen molar-refractivity contribution in [2.45, 2.75) is 38.6 Å². The van der Waals surface area contributed by atoms with E-state index in [-0.39, 0.29) is 23.4 Å². The Labute approximate surface area is 192 Å². The molecule has 0 aliphatic rings. The van der Waals surface area contributed by atoms with Gasteiger partial charge in [-0.05, 0) is 50.1 Å². The number of rotatable bonds is 6. The van der Waals surface area contributed by atoms with Gasteiger partial charge in [-0.25, -0.2) is 14.0 Å². The monoisotopic (exact) mass is 451 g/mol. The minimum absolute atomic E-state index is 0.00802. The van der Waals surface area contributed by atoms with Gasteiger partial charge in [-0.15, -0.1) is 0 Å². The molecule has 7 heteroatoms. The molecule has 2 N–H and O–H groups in total. The summed E-state index contributed by atoms with van der Waals surface area (Å²) < 4.78 is 25.0. The smallest absolute Gasteiger partial charge is 0.412 e. The predicted octanol–water partition coefficient (Wildman–Crippen LogP) is 5.15. The van der Waals surface area contributed by atoms with Crippen molar-refractivity contribution in [2.75, 3.05) is 5.32 Å². The maximum Gasteiger partial charge on any atom is 0.412 e. The van der Waals surface area contributed by atoms with Gasteiger partial charge in [0, 0.05) is 5.56 Å². The van der Waals surface area contributed by atoms with Crippen LogP contribution in [0.5, 0.6) is 0 Å². The van der Waals surface area contributed by atoms with Gasteiger partial charge in [0.25, 0.3) is 0 Å². The first-order chi connectivity index (χ1) is 15.6. The van der Waals surface area contributed by atoms with Gasteiger partial charge in [-0.2, -0.15) is 0 Å². The number of aliphatic hydroxyl groups is 1. The molecule has 0 bridgehead atoms. The Hall–Kier alpha value is -3.71. The lowest BCUT2D eigenvalue weighted by molar-refractivity contribution is -0.163. The molecule has 1 amide bonds. The van der Waals surface area contributed by atoms with E-state index in [0.717, 1.165) is 12.1 Å². The molecular weight excluding hydrogens is 425 g/mol. The number of amides is 1. The van der Waals surface area contributed by atoms with E-state index < -0.39 is 29.1 Å². The summed E-state index contributed by atoms with van der Waals surface area (Å²) in [6.07, 6.45) is -0.816. The lowest BCUT2D eigenvalue weighted by atomic mass is 9.85. The standard InChI is InChI=1S/C26H26FNO5/c1-25(2,3)33-24(30)28-22-15-14-20(27)16-21(22)26(31,19-12-8-5-9-13-19)23(29)32-17-18-10-6-4-7-11-18/h4-16,31H,17H2,1-3H3,(H,28,30)/t26-/m1/s1. The van der Waals surface area contributed by atoms with Crippen LogP contribution >= 0.6 is 0 Å². The molecule has 0 aromatic heterocycles. The number of esters is 1. The quantitative estimate of drug-likeness (QED) is 0.506. The van der Waals surface area contributed by atoms with Gasteiger partial charge in [0.2, 0.25) is 5.60 Å². The highest BCUT2D eigenvalue weighted by Gasteiger charge is 2.44. The van der Waals surface area contributed by atoms with E-state index in [1.165, 1.54) is 18.2 Å². The summed E-state index contributed by atoms with van der Waals surface area (Å²) in [6.45, 7) is 4.98. The molecule has 6 nitrogen and oxygen atoms in total. The molecule has 3 rings (SSSR count). The minimum Gasteiger partial charge on any atom is -0.458 e. The summed E-state index contributed by atoms with van der Waals surface area (Å²) in [5.74, 6) is -1.72. The minimum atomic E-state index is -2.40. The Bertz CT molecular complexity index is 1110. The van der Waals surface area contributed by atoms with Crippen LogP contribution in [0.25, 0.3) is 0 Å². The molecular formula is C26H26FNO5. The molecule has 0 saturated carbocycles. The summed E-state index contributed by atoms with van der Waals surface area (Å²) in [6, 6.07) is 20.3. The molecule has 0 aliphatic carbocycles. The van der Waals surface area contributed by atoms with Crippen LogP contribution in [0.15, 0.2) is 78.9 Å². The first-order valence-corrected chi connectivity index (χ1v) is 10.4. The number of anilines is 1. The fraction of sp³-hybridized carbons (Fsp3) is 0.231. The average Bonchev–Trinajstić information content (AvgIpc) is 2.78. The van der Waals surface area contributed by atoms with Crippen molar-refractivity contribution in [1.82, 2.24) is 0 Å². The van der Waals surface area contributed by atoms with Crippen LogP contribution in [-0.4, -0.2) is 22.8 Å². The topological polar surface area (TPSA) is 84.9 Å². The van der Waals surface area contributed by atoms with E-state index in [2.05, 4.69) is 5.32 Å². The van der Waals surface area contributed by atoms with Gasteiger partial charge in [0.05, 0.1) is 5.69 Å². The Balaban J connectivity index is 2.03. The van der Waals surface area contributed by atoms with Crippen LogP contribution in [0.3, 0.4) is 0 Å². The van der Waals surface area contributed by atoms with Gasteiger partial charge < -0.3 is 14.6 Å². The molecule has 1 atom stereocenters. The van der Waals surface area contributed by atoms with Crippen molar-refractivity contribution in [1.29, 1.82) is 0 Å². The van der Waals surface area contributed by atoms with Crippen LogP contribution in [0, 0.1) is 5.82 Å². The van der Waals surface area contributed by atoms with Crippen molar-refractivity contribution in [3.63, 3.8) is 0 Å². The molecule has 0 heterocycles. The molecule has 0 spiro atoms. The van der Waals surface area contributed by atoms with Gasteiger partial charge >= 0.3 is 12.1 Å². The molecule has 0 saturated heterocycles. The summed E-state index contributed by atoms with van der Waals surface area (Å²) >= 11 is 0. The van der Waals surface area contributed by atoms with E-state index in [9.17, 15) is 19.1 Å². The Morgan fingerprint density at radius 2 is 1.55 bits per heavy atom. The lowest BCUT2D eigenvalue weighted by Crippen LogP contribution is -2.39. The molecule has 0 fully saturated rings. The summed E-state index contributed by atoms with van der Waals surface area (Å²) in [7, 11) is 0. The maximum absolute atomic E-state index is 14.3. The lowest BCUT2D eigenvalue weighted by Gasteiger charge is -2.29. The number of carbonyl (C=O) groups is 2. The fourth-order valence-electron chi connectivity index (χ4n) is 3.23. The number of nitrogens with one attached hydrogen (secondary N) is 1. The SMILES string of the molecule is CC(C)(C)OC(=O)Nc1ccc(F)cc1[C@@](O)(C(=O)OCc1ccccc1)c1ccccc1. The van der Waals surface area contributed by atoms with Crippen LogP contribution in [0.2, 0.25) is 0 Å². The normalized spacial score (nSPS) is 13.0. The zero-order chi connectivity index (χ0) is 24.1. The van der Waals surface area contributed by atoms with Crippen molar-refractivity contribution in [3.05, 3.63) is 101 Å². The van der Waals surface area contributed by atoms with E-state index in [4.69, 9.17) is 9.47 Å². The van der Waals surface area contributed by atoms with E-state index in [0.29, 0.717) is 5.56 Å². The first-order valence-electron chi connectivity index (χ1n) is 10.4. The van der Waals surface area contributed by atoms with E-state index >= 15 is 0 Å². The number of benzene rings is 3. The maximum atomic E-state index is 14.3. The predicted molar refractivity (Wildman–Crippen MR) is 122 cm³/mol. The summed E-state index contributed by atoms with van der Waals surface area (Å²) in [5, 5.41) is 14.2. The van der Waals surface area contributed by atoms with Crippen LogP contribution in [0.4, 0.5) is 14.9 Å². The van der Waals surface area contributed by atoms with Crippen molar-refractivity contribution < 1.29 is 28.6 Å². The molecule has 0 aliphatic heterocycles. The Kier molecular flexibility index (Phi) is 7.13. The van der Waals surface area contributed by atoms with Gasteiger partial charge in [0.15, 0.2) is 0 Å². The molecule has 33 heavy (non-hydrogen) atoms. The van der Waals surface area contributed by atoms with Crippen LogP contribution in [0.1, 0.15) is 37.5 Å². The largest absolute Gasteiger partial charge is 0.458 e. The van der Waals surface area contributed by atoms with Crippen LogP contribution in [-0.2, 0) is 26.5 Å². The first kappa shape index (κ1) is 23.9. The van der Waals surface area contributed by atoms with Gasteiger partial charge in [-0.1, -0.05) is 60.7 Å². The average molecular weight is 451 g/mol. The third kappa shape index (κ3) is 5.96. The number of hydrogen-bond acceptors (Lipinski definition) is 5. The van der Waals surface area contributed by atoms with E-state index in [1.807, 2.05) is 6.07 Å². The fourth-order valence-corrected chi connectivity index (χ4v) is 3.23. The second-order valence-electron chi connectivity index (χ2n) is 8.45. The molecule has 3 aromatic carbocycles. The Morgan fingerprint density at radius 1 is 0.939 bits per heavy atom. The second-order valence-corrected chi connectivity index (χ2v) is 8.45. The Morgan fingerprint density at radius 3 is 2.15 bits per heavy atom. The molecule has 172 valence electrons. The van der Waals surface area contributed by atoms with Crippen LogP contribution < -0.4 is 5.32 Å². The number of halogens is 1. The van der Waals surface area contributed by atoms with E-state index in [1.54, 1.807) is 63.2 Å². The summed E-state index contributed by atoms with van der Waals surface area (Å²) in [5.41, 5.74) is -2.49. The van der Waals surface area contributed by atoms with Crippen molar-refractivity contribution in [3.8, 4) is 0 Å². The van der Waals surface area contributed by atoms with Gasteiger partial charge in [0.1, 0.15) is 18.0 Å².